The highest BCUT2D eigenvalue weighted by molar-refractivity contribution is 6.08. The van der Waals surface area contributed by atoms with Gasteiger partial charge in [0.1, 0.15) is 5.75 Å². The normalized spacial score (nSPS) is 10.0. The number of carbonyl (C=O) groups is 1. The minimum Gasteiger partial charge on any atom is -0.495 e. The van der Waals surface area contributed by atoms with E-state index in [1.54, 1.807) is 18.2 Å². The van der Waals surface area contributed by atoms with Gasteiger partial charge in [-0.15, -0.1) is 0 Å². The SMILES string of the molecule is COc1cccc(C(=O)Nc2ccc(F)nc2)c1N. The van der Waals surface area contributed by atoms with E-state index in [1.807, 2.05) is 0 Å². The van der Waals surface area contributed by atoms with Crippen LogP contribution in [0, 0.1) is 5.95 Å². The molecule has 19 heavy (non-hydrogen) atoms. The van der Waals surface area contributed by atoms with Gasteiger partial charge in [-0.3, -0.25) is 4.79 Å². The Morgan fingerprint density at radius 1 is 1.37 bits per heavy atom. The number of nitrogens with zero attached hydrogens (tertiary/aromatic N) is 1. The van der Waals surface area contributed by atoms with Gasteiger partial charge in [0.15, 0.2) is 0 Å². The second kappa shape index (κ2) is 5.34. The van der Waals surface area contributed by atoms with Gasteiger partial charge in [0.2, 0.25) is 5.95 Å². The van der Waals surface area contributed by atoms with Crippen LogP contribution >= 0.6 is 0 Å². The van der Waals surface area contributed by atoms with Crippen molar-refractivity contribution in [3.05, 3.63) is 48.0 Å². The highest BCUT2D eigenvalue weighted by Crippen LogP contribution is 2.25. The van der Waals surface area contributed by atoms with Crippen LogP contribution in [0.4, 0.5) is 15.8 Å². The van der Waals surface area contributed by atoms with E-state index >= 15 is 0 Å². The molecule has 0 saturated carbocycles. The summed E-state index contributed by atoms with van der Waals surface area (Å²) in [5, 5.41) is 2.57. The van der Waals surface area contributed by atoms with Crippen molar-refractivity contribution in [3.8, 4) is 5.75 Å². The summed E-state index contributed by atoms with van der Waals surface area (Å²) in [6.07, 6.45) is 1.23. The van der Waals surface area contributed by atoms with Gasteiger partial charge >= 0.3 is 0 Å². The summed E-state index contributed by atoms with van der Waals surface area (Å²) in [6, 6.07) is 7.46. The van der Waals surface area contributed by atoms with Gasteiger partial charge in [-0.25, -0.2) is 4.98 Å². The predicted octanol–water partition coefficient (Wildman–Crippen LogP) is 2.06. The van der Waals surface area contributed by atoms with Crippen LogP contribution in [-0.4, -0.2) is 18.0 Å². The number of benzene rings is 1. The quantitative estimate of drug-likeness (QED) is 0.655. The molecule has 1 aromatic heterocycles. The molecule has 0 aliphatic carbocycles. The number of para-hydroxylation sites is 1. The molecule has 0 aliphatic rings. The Bertz CT molecular complexity index is 599. The van der Waals surface area contributed by atoms with Crippen molar-refractivity contribution in [2.45, 2.75) is 0 Å². The van der Waals surface area contributed by atoms with E-state index in [2.05, 4.69) is 10.3 Å². The predicted molar refractivity (Wildman–Crippen MR) is 69.6 cm³/mol. The minimum absolute atomic E-state index is 0.248. The van der Waals surface area contributed by atoms with Crippen molar-refractivity contribution >= 4 is 17.3 Å². The summed E-state index contributed by atoms with van der Waals surface area (Å²) < 4.78 is 17.7. The van der Waals surface area contributed by atoms with Crippen LogP contribution in [-0.2, 0) is 0 Å². The summed E-state index contributed by atoms with van der Waals surface area (Å²) in [7, 11) is 1.47. The monoisotopic (exact) mass is 261 g/mol. The number of methoxy groups -OCH3 is 1. The lowest BCUT2D eigenvalue weighted by Crippen LogP contribution is -2.14. The molecule has 2 aromatic rings. The Morgan fingerprint density at radius 3 is 2.79 bits per heavy atom. The molecule has 98 valence electrons. The van der Waals surface area contributed by atoms with Gasteiger partial charge in [0, 0.05) is 0 Å². The smallest absolute Gasteiger partial charge is 0.257 e. The van der Waals surface area contributed by atoms with Gasteiger partial charge in [0.05, 0.1) is 30.2 Å². The molecule has 0 fully saturated rings. The van der Waals surface area contributed by atoms with E-state index in [0.29, 0.717) is 11.4 Å². The molecule has 0 atom stereocenters. The Kier molecular flexibility index (Phi) is 3.61. The van der Waals surface area contributed by atoms with E-state index in [1.165, 1.54) is 19.4 Å². The standard InChI is InChI=1S/C13H12FN3O2/c1-19-10-4-2-3-9(12(10)15)13(18)17-8-5-6-11(14)16-7-8/h2-7H,15H2,1H3,(H,17,18). The van der Waals surface area contributed by atoms with Crippen LogP contribution < -0.4 is 15.8 Å². The fourth-order valence-corrected chi connectivity index (χ4v) is 1.57. The number of hydrogen-bond acceptors (Lipinski definition) is 4. The molecule has 0 radical (unpaired) electrons. The molecule has 0 spiro atoms. The van der Waals surface area contributed by atoms with Crippen LogP contribution in [0.5, 0.6) is 5.75 Å². The highest BCUT2D eigenvalue weighted by atomic mass is 19.1. The topological polar surface area (TPSA) is 77.2 Å². The van der Waals surface area contributed by atoms with Gasteiger partial charge in [0.25, 0.3) is 5.91 Å². The lowest BCUT2D eigenvalue weighted by atomic mass is 10.1. The van der Waals surface area contributed by atoms with E-state index in [4.69, 9.17) is 10.5 Å². The zero-order valence-electron chi connectivity index (χ0n) is 10.2. The number of nitrogens with one attached hydrogen (secondary N) is 1. The lowest BCUT2D eigenvalue weighted by molar-refractivity contribution is 0.102. The second-order valence-corrected chi connectivity index (χ2v) is 3.75. The third-order valence-electron chi connectivity index (χ3n) is 2.52. The third kappa shape index (κ3) is 2.79. The first kappa shape index (κ1) is 12.8. The second-order valence-electron chi connectivity index (χ2n) is 3.75. The first-order valence-corrected chi connectivity index (χ1v) is 5.47. The fraction of sp³-hybridized carbons (Fsp3) is 0.0769. The molecular formula is C13H12FN3O2. The molecule has 1 heterocycles. The van der Waals surface area contributed by atoms with Crippen LogP contribution in [0.2, 0.25) is 0 Å². The van der Waals surface area contributed by atoms with Crippen molar-refractivity contribution in [3.63, 3.8) is 0 Å². The molecule has 1 amide bonds. The Hall–Kier alpha value is -2.63. The zero-order valence-corrected chi connectivity index (χ0v) is 10.2. The summed E-state index contributed by atoms with van der Waals surface area (Å²) in [5.41, 5.74) is 6.72. The average molecular weight is 261 g/mol. The summed E-state index contributed by atoms with van der Waals surface area (Å²) in [4.78, 5) is 15.5. The number of pyridine rings is 1. The zero-order chi connectivity index (χ0) is 13.8. The molecule has 3 N–H and O–H groups in total. The van der Waals surface area contributed by atoms with Gasteiger partial charge in [-0.2, -0.15) is 4.39 Å². The maximum absolute atomic E-state index is 12.6. The number of amides is 1. The Labute approximate surface area is 109 Å². The van der Waals surface area contributed by atoms with Crippen LogP contribution in [0.3, 0.4) is 0 Å². The molecule has 1 aromatic carbocycles. The van der Waals surface area contributed by atoms with Crippen molar-refractivity contribution < 1.29 is 13.9 Å². The van der Waals surface area contributed by atoms with E-state index < -0.39 is 11.9 Å². The summed E-state index contributed by atoms with van der Waals surface area (Å²) in [5.74, 6) is -0.603. The average Bonchev–Trinajstić information content (AvgIpc) is 2.41. The molecule has 0 bridgehead atoms. The Morgan fingerprint density at radius 2 is 2.16 bits per heavy atom. The number of halogens is 1. The van der Waals surface area contributed by atoms with E-state index in [0.717, 1.165) is 6.07 Å². The number of nitrogen functional groups attached to an aromatic ring is 1. The first-order valence-electron chi connectivity index (χ1n) is 5.47. The minimum atomic E-state index is -0.612. The fourth-order valence-electron chi connectivity index (χ4n) is 1.57. The van der Waals surface area contributed by atoms with Gasteiger partial charge in [-0.05, 0) is 24.3 Å². The molecule has 0 aliphatic heterocycles. The van der Waals surface area contributed by atoms with Crippen molar-refractivity contribution in [2.75, 3.05) is 18.2 Å². The largest absolute Gasteiger partial charge is 0.495 e. The first-order chi connectivity index (χ1) is 9.11. The number of nitrogens with two attached hydrogens (primary N) is 1. The summed E-state index contributed by atoms with van der Waals surface area (Å²) >= 11 is 0. The number of rotatable bonds is 3. The Balaban J connectivity index is 2.23. The van der Waals surface area contributed by atoms with Crippen molar-refractivity contribution in [1.82, 2.24) is 4.98 Å². The van der Waals surface area contributed by atoms with Gasteiger partial charge < -0.3 is 15.8 Å². The highest BCUT2D eigenvalue weighted by Gasteiger charge is 2.13. The molecule has 6 heteroatoms. The van der Waals surface area contributed by atoms with Crippen LogP contribution in [0.25, 0.3) is 0 Å². The van der Waals surface area contributed by atoms with Gasteiger partial charge in [-0.1, -0.05) is 6.07 Å². The van der Waals surface area contributed by atoms with Crippen molar-refractivity contribution in [2.24, 2.45) is 0 Å². The van der Waals surface area contributed by atoms with E-state index in [-0.39, 0.29) is 11.3 Å². The van der Waals surface area contributed by atoms with Crippen LogP contribution in [0.15, 0.2) is 36.5 Å². The lowest BCUT2D eigenvalue weighted by Gasteiger charge is -2.10. The molecule has 0 saturated heterocycles. The molecule has 0 unspecified atom stereocenters. The maximum atomic E-state index is 12.6. The third-order valence-corrected chi connectivity index (χ3v) is 2.52. The number of anilines is 2. The van der Waals surface area contributed by atoms with Crippen LogP contribution in [0.1, 0.15) is 10.4 Å². The molecule has 2 rings (SSSR count). The summed E-state index contributed by atoms with van der Waals surface area (Å²) in [6.45, 7) is 0. The number of hydrogen-bond donors (Lipinski definition) is 2. The van der Waals surface area contributed by atoms with Crippen molar-refractivity contribution in [1.29, 1.82) is 0 Å². The molecular weight excluding hydrogens is 249 g/mol. The number of ether oxygens (including phenoxy) is 1. The number of carbonyl (C=O) groups excluding carboxylic acids is 1. The number of aromatic nitrogens is 1. The molecule has 5 nitrogen and oxygen atoms in total. The maximum Gasteiger partial charge on any atom is 0.257 e. The van der Waals surface area contributed by atoms with E-state index in [9.17, 15) is 9.18 Å².